The van der Waals surface area contributed by atoms with Gasteiger partial charge in [-0.15, -0.1) is 0 Å². The lowest BCUT2D eigenvalue weighted by molar-refractivity contribution is 0.599. The van der Waals surface area contributed by atoms with Crippen molar-refractivity contribution in [2.45, 2.75) is 30.6 Å². The summed E-state index contributed by atoms with van der Waals surface area (Å²) >= 11 is 0. The second-order valence-electron chi connectivity index (χ2n) is 6.68. The summed E-state index contributed by atoms with van der Waals surface area (Å²) in [5.74, 6) is 0.197. The molecule has 7 nitrogen and oxygen atoms in total. The average molecular weight is 432 g/mol. The molecule has 0 atom stereocenters. The minimum absolute atomic E-state index is 0.00574. The van der Waals surface area contributed by atoms with E-state index in [1.54, 1.807) is 38.1 Å². The quantitative estimate of drug-likeness (QED) is 0.620. The molecular weight excluding hydrogens is 410 g/mol. The topological polar surface area (TPSA) is 105 Å². The number of nitrogens with one attached hydrogen (secondary N) is 2. The zero-order valence-corrected chi connectivity index (χ0v) is 17.8. The van der Waals surface area contributed by atoms with Gasteiger partial charge < -0.3 is 0 Å². The normalized spacial score (nSPS) is 11.8. The first-order valence-electron chi connectivity index (χ1n) is 8.73. The summed E-state index contributed by atoms with van der Waals surface area (Å²) in [6, 6.07) is 14.0. The molecule has 0 aliphatic heterocycles. The van der Waals surface area contributed by atoms with Gasteiger partial charge in [0.2, 0.25) is 0 Å². The van der Waals surface area contributed by atoms with Gasteiger partial charge in [0, 0.05) is 11.9 Å². The van der Waals surface area contributed by atoms with Gasteiger partial charge in [-0.3, -0.25) is 9.44 Å². The van der Waals surface area contributed by atoms with Crippen LogP contribution >= 0.6 is 0 Å². The van der Waals surface area contributed by atoms with Crippen molar-refractivity contribution in [2.75, 3.05) is 9.44 Å². The Bertz CT molecular complexity index is 1220. The first-order chi connectivity index (χ1) is 13.6. The predicted molar refractivity (Wildman–Crippen MR) is 113 cm³/mol. The van der Waals surface area contributed by atoms with E-state index in [9.17, 15) is 16.8 Å². The molecule has 0 saturated heterocycles. The minimum Gasteiger partial charge on any atom is -0.280 e. The summed E-state index contributed by atoms with van der Waals surface area (Å²) in [6.07, 6.45) is 1.48. The number of anilines is 2. The van der Waals surface area contributed by atoms with E-state index in [1.165, 1.54) is 36.5 Å². The van der Waals surface area contributed by atoms with E-state index in [0.29, 0.717) is 11.1 Å². The van der Waals surface area contributed by atoms with E-state index >= 15 is 0 Å². The first-order valence-corrected chi connectivity index (χ1v) is 11.7. The number of pyridine rings is 1. The molecule has 0 saturated carbocycles. The van der Waals surface area contributed by atoms with E-state index in [0.717, 1.165) is 5.56 Å². The van der Waals surface area contributed by atoms with Gasteiger partial charge in [-0.25, -0.2) is 21.8 Å². The molecule has 0 amide bonds. The lowest BCUT2D eigenvalue weighted by atomic mass is 10.1. The third-order valence-electron chi connectivity index (χ3n) is 4.19. The SMILES string of the molecule is Cc1cc(C)c(S(=O)(=O)Nc2ccc(S(=O)(=O)Nc3ccccn3)cc2)c(C)c1. The Hall–Kier alpha value is -2.91. The van der Waals surface area contributed by atoms with Crippen molar-refractivity contribution in [3.05, 3.63) is 77.5 Å². The zero-order valence-electron chi connectivity index (χ0n) is 16.2. The Balaban J connectivity index is 1.84. The summed E-state index contributed by atoms with van der Waals surface area (Å²) in [6.45, 7) is 5.39. The molecule has 0 bridgehead atoms. The van der Waals surface area contributed by atoms with Crippen LogP contribution in [0.1, 0.15) is 16.7 Å². The van der Waals surface area contributed by atoms with Gasteiger partial charge in [0.15, 0.2) is 0 Å². The molecule has 152 valence electrons. The van der Waals surface area contributed by atoms with Crippen LogP contribution in [0, 0.1) is 20.8 Å². The van der Waals surface area contributed by atoms with Crippen molar-refractivity contribution >= 4 is 31.6 Å². The molecule has 0 unspecified atom stereocenters. The van der Waals surface area contributed by atoms with Crippen LogP contribution in [0.5, 0.6) is 0 Å². The Morgan fingerprint density at radius 2 is 1.38 bits per heavy atom. The van der Waals surface area contributed by atoms with Gasteiger partial charge in [0.05, 0.1) is 9.79 Å². The molecule has 3 aromatic rings. The van der Waals surface area contributed by atoms with E-state index in [1.807, 2.05) is 6.92 Å². The highest BCUT2D eigenvalue weighted by Crippen LogP contribution is 2.25. The van der Waals surface area contributed by atoms with E-state index in [-0.39, 0.29) is 21.3 Å². The number of benzene rings is 2. The number of hydrogen-bond donors (Lipinski definition) is 2. The highest BCUT2D eigenvalue weighted by molar-refractivity contribution is 7.93. The molecule has 2 aromatic carbocycles. The van der Waals surface area contributed by atoms with Gasteiger partial charge in [0.25, 0.3) is 20.0 Å². The fourth-order valence-electron chi connectivity index (χ4n) is 3.12. The van der Waals surface area contributed by atoms with Crippen molar-refractivity contribution < 1.29 is 16.8 Å². The summed E-state index contributed by atoms with van der Waals surface area (Å²) in [7, 11) is -7.65. The van der Waals surface area contributed by atoms with Gasteiger partial charge in [-0.05, 0) is 68.3 Å². The third-order valence-corrected chi connectivity index (χ3v) is 7.25. The molecule has 1 heterocycles. The number of aromatic nitrogens is 1. The van der Waals surface area contributed by atoms with Crippen molar-refractivity contribution in [3.8, 4) is 0 Å². The number of nitrogens with zero attached hydrogens (tertiary/aromatic N) is 1. The maximum absolute atomic E-state index is 12.8. The second kappa shape index (κ2) is 7.84. The number of hydrogen-bond acceptors (Lipinski definition) is 5. The van der Waals surface area contributed by atoms with E-state index in [4.69, 9.17) is 0 Å². The largest absolute Gasteiger partial charge is 0.280 e. The fourth-order valence-corrected chi connectivity index (χ4v) is 5.64. The maximum atomic E-state index is 12.8. The van der Waals surface area contributed by atoms with E-state index in [2.05, 4.69) is 14.4 Å². The number of aryl methyl sites for hydroxylation is 3. The highest BCUT2D eigenvalue weighted by Gasteiger charge is 2.21. The fraction of sp³-hybridized carbons (Fsp3) is 0.150. The molecule has 0 aliphatic carbocycles. The lowest BCUT2D eigenvalue weighted by Gasteiger charge is -2.14. The van der Waals surface area contributed by atoms with Gasteiger partial charge in [0.1, 0.15) is 5.82 Å². The molecule has 3 rings (SSSR count). The summed E-state index contributed by atoms with van der Waals surface area (Å²) in [5, 5.41) is 0. The smallest absolute Gasteiger partial charge is 0.263 e. The first kappa shape index (κ1) is 20.8. The molecule has 0 fully saturated rings. The van der Waals surface area contributed by atoms with Crippen LogP contribution in [0.25, 0.3) is 0 Å². The van der Waals surface area contributed by atoms with Crippen LogP contribution < -0.4 is 9.44 Å². The molecule has 9 heteroatoms. The van der Waals surface area contributed by atoms with Gasteiger partial charge >= 0.3 is 0 Å². The van der Waals surface area contributed by atoms with Crippen LogP contribution in [0.15, 0.2) is 70.6 Å². The Morgan fingerprint density at radius 3 is 1.93 bits per heavy atom. The Labute approximate surface area is 170 Å². The molecule has 0 radical (unpaired) electrons. The third kappa shape index (κ3) is 4.75. The second-order valence-corrected chi connectivity index (χ2v) is 9.98. The van der Waals surface area contributed by atoms with Crippen LogP contribution in [-0.2, 0) is 20.0 Å². The van der Waals surface area contributed by atoms with Crippen molar-refractivity contribution in [2.24, 2.45) is 0 Å². The monoisotopic (exact) mass is 431 g/mol. The molecule has 0 spiro atoms. The van der Waals surface area contributed by atoms with Gasteiger partial charge in [-0.1, -0.05) is 23.8 Å². The molecule has 29 heavy (non-hydrogen) atoms. The zero-order chi connectivity index (χ0) is 21.2. The van der Waals surface area contributed by atoms with Crippen LogP contribution in [0.3, 0.4) is 0 Å². The van der Waals surface area contributed by atoms with Crippen molar-refractivity contribution in [3.63, 3.8) is 0 Å². The maximum Gasteiger partial charge on any atom is 0.263 e. The van der Waals surface area contributed by atoms with Crippen molar-refractivity contribution in [1.29, 1.82) is 0 Å². The predicted octanol–water partition coefficient (Wildman–Crippen LogP) is 3.61. The molecule has 0 aliphatic rings. The van der Waals surface area contributed by atoms with Crippen LogP contribution in [0.2, 0.25) is 0 Å². The number of rotatable bonds is 6. The lowest BCUT2D eigenvalue weighted by Crippen LogP contribution is -2.16. The van der Waals surface area contributed by atoms with Crippen LogP contribution in [0.4, 0.5) is 11.5 Å². The Kier molecular flexibility index (Phi) is 5.63. The van der Waals surface area contributed by atoms with E-state index < -0.39 is 20.0 Å². The summed E-state index contributed by atoms with van der Waals surface area (Å²) in [5.41, 5.74) is 2.54. The standard InChI is InChI=1S/C20H21N3O4S2/c1-14-12-15(2)20(16(3)13-14)29(26,27)22-17-7-9-18(10-8-17)28(24,25)23-19-6-4-5-11-21-19/h4-13,22H,1-3H3,(H,21,23). The average Bonchev–Trinajstić information content (AvgIpc) is 2.61. The van der Waals surface area contributed by atoms with Crippen molar-refractivity contribution in [1.82, 2.24) is 4.98 Å². The molecule has 2 N–H and O–H groups in total. The minimum atomic E-state index is -3.83. The molecule has 1 aromatic heterocycles. The molecular formula is C20H21N3O4S2. The number of sulfonamides is 2. The van der Waals surface area contributed by atoms with Crippen LogP contribution in [-0.4, -0.2) is 21.8 Å². The Morgan fingerprint density at radius 1 is 0.759 bits per heavy atom. The summed E-state index contributed by atoms with van der Waals surface area (Å²) < 4.78 is 55.4. The summed E-state index contributed by atoms with van der Waals surface area (Å²) in [4.78, 5) is 4.14. The highest BCUT2D eigenvalue weighted by atomic mass is 32.2. The van der Waals surface area contributed by atoms with Gasteiger partial charge in [-0.2, -0.15) is 0 Å².